The molecule has 0 aliphatic carbocycles. The first-order valence-corrected chi connectivity index (χ1v) is 11.0. The molecular weight excluding hydrogens is 452 g/mol. The Morgan fingerprint density at radius 1 is 1.09 bits per heavy atom. The van der Waals surface area contributed by atoms with Crippen LogP contribution < -0.4 is 27.4 Å². The number of rotatable bonds is 13. The molecule has 1 saturated heterocycles. The van der Waals surface area contributed by atoms with Gasteiger partial charge in [-0.15, -0.1) is 0 Å². The smallest absolute Gasteiger partial charge is 0.326 e. The number of nitrogens with zero attached hydrogens (tertiary/aromatic N) is 1. The van der Waals surface area contributed by atoms with Gasteiger partial charge in [-0.1, -0.05) is 13.8 Å². The van der Waals surface area contributed by atoms with E-state index in [0.717, 1.165) is 0 Å². The van der Waals surface area contributed by atoms with E-state index in [1.807, 2.05) is 0 Å². The largest absolute Gasteiger partial charge is 0.481 e. The van der Waals surface area contributed by atoms with Crippen LogP contribution >= 0.6 is 0 Å². The van der Waals surface area contributed by atoms with Gasteiger partial charge in [0, 0.05) is 13.1 Å². The van der Waals surface area contributed by atoms with Crippen molar-refractivity contribution in [3.63, 3.8) is 0 Å². The topological polar surface area (TPSA) is 234 Å². The molecule has 1 heterocycles. The molecule has 192 valence electrons. The normalized spacial score (nSPS) is 18.0. The summed E-state index contributed by atoms with van der Waals surface area (Å²) in [4.78, 5) is 72.5. The third kappa shape index (κ3) is 8.84. The molecule has 0 unspecified atom stereocenters. The molecule has 0 spiro atoms. The second kappa shape index (κ2) is 13.3. The van der Waals surface area contributed by atoms with Gasteiger partial charge in [-0.25, -0.2) is 9.59 Å². The second-order valence-electron chi connectivity index (χ2n) is 8.46. The van der Waals surface area contributed by atoms with Crippen molar-refractivity contribution >= 4 is 35.7 Å². The van der Waals surface area contributed by atoms with Crippen LogP contribution in [-0.4, -0.2) is 88.1 Å². The summed E-state index contributed by atoms with van der Waals surface area (Å²) in [7, 11) is 0. The number of carboxylic acids is 2. The lowest BCUT2D eigenvalue weighted by Gasteiger charge is -2.29. The predicted octanol–water partition coefficient (Wildman–Crippen LogP) is -2.06. The van der Waals surface area contributed by atoms with Gasteiger partial charge in [0.15, 0.2) is 0 Å². The van der Waals surface area contributed by atoms with Crippen LogP contribution in [0, 0.1) is 5.92 Å². The number of likely N-dealkylation sites (tertiary alicyclic amines) is 1. The molecule has 0 aromatic heterocycles. The predicted molar refractivity (Wildman–Crippen MR) is 118 cm³/mol. The van der Waals surface area contributed by atoms with Gasteiger partial charge >= 0.3 is 18.0 Å². The van der Waals surface area contributed by atoms with Crippen LogP contribution in [0.25, 0.3) is 0 Å². The van der Waals surface area contributed by atoms with Crippen molar-refractivity contribution in [1.29, 1.82) is 0 Å². The molecule has 1 rings (SSSR count). The molecule has 1 aliphatic rings. The monoisotopic (exact) mass is 486 g/mol. The molecule has 1 aliphatic heterocycles. The Balaban J connectivity index is 2.81. The maximum atomic E-state index is 12.9. The number of urea groups is 1. The molecule has 9 N–H and O–H groups in total. The molecule has 0 saturated carbocycles. The van der Waals surface area contributed by atoms with E-state index in [4.69, 9.17) is 16.6 Å². The van der Waals surface area contributed by atoms with E-state index in [1.54, 1.807) is 13.8 Å². The SMILES string of the molecule is CC(C)[C@H](NC(=O)[C@@H]1CCCN1C(=O)[C@@H](N)CC(=O)O)C(=O)N[C@@H](CCCNC(N)=O)C(=O)O. The van der Waals surface area contributed by atoms with E-state index < -0.39 is 72.2 Å². The molecular formula is C20H34N6O8. The fourth-order valence-corrected chi connectivity index (χ4v) is 3.61. The molecule has 34 heavy (non-hydrogen) atoms. The van der Waals surface area contributed by atoms with Gasteiger partial charge in [-0.3, -0.25) is 19.2 Å². The average molecular weight is 487 g/mol. The summed E-state index contributed by atoms with van der Waals surface area (Å²) in [6.45, 7) is 3.69. The van der Waals surface area contributed by atoms with Crippen LogP contribution in [-0.2, 0) is 24.0 Å². The van der Waals surface area contributed by atoms with Gasteiger partial charge < -0.3 is 42.5 Å². The highest BCUT2D eigenvalue weighted by Crippen LogP contribution is 2.19. The molecule has 1 fully saturated rings. The zero-order valence-electron chi connectivity index (χ0n) is 19.3. The first-order chi connectivity index (χ1) is 15.8. The van der Waals surface area contributed by atoms with Crippen molar-refractivity contribution in [3.8, 4) is 0 Å². The van der Waals surface area contributed by atoms with Crippen LogP contribution in [0.15, 0.2) is 0 Å². The molecule has 4 atom stereocenters. The molecule has 0 radical (unpaired) electrons. The number of nitrogens with one attached hydrogen (secondary N) is 3. The Labute approximate surface area is 196 Å². The van der Waals surface area contributed by atoms with Crippen LogP contribution in [0.5, 0.6) is 0 Å². The van der Waals surface area contributed by atoms with E-state index >= 15 is 0 Å². The number of hydrogen-bond acceptors (Lipinski definition) is 7. The van der Waals surface area contributed by atoms with Gasteiger partial charge in [0.2, 0.25) is 17.7 Å². The molecule has 14 nitrogen and oxygen atoms in total. The number of aliphatic carboxylic acids is 2. The lowest BCUT2D eigenvalue weighted by Crippen LogP contribution is -2.58. The van der Waals surface area contributed by atoms with Crippen LogP contribution in [0.1, 0.15) is 46.0 Å². The van der Waals surface area contributed by atoms with Gasteiger partial charge in [0.25, 0.3) is 0 Å². The third-order valence-corrected chi connectivity index (χ3v) is 5.38. The third-order valence-electron chi connectivity index (χ3n) is 5.38. The number of carbonyl (C=O) groups is 6. The number of hydrogen-bond donors (Lipinski definition) is 7. The van der Waals surface area contributed by atoms with Crippen molar-refractivity contribution in [2.75, 3.05) is 13.1 Å². The Morgan fingerprint density at radius 2 is 1.74 bits per heavy atom. The summed E-state index contributed by atoms with van der Waals surface area (Å²) in [6, 6.07) is -5.30. The van der Waals surface area contributed by atoms with Crippen LogP contribution in [0.2, 0.25) is 0 Å². The van der Waals surface area contributed by atoms with Crippen molar-refractivity contribution in [2.45, 2.75) is 70.1 Å². The maximum Gasteiger partial charge on any atom is 0.326 e. The number of nitrogens with two attached hydrogens (primary N) is 2. The minimum absolute atomic E-state index is 0.0203. The highest BCUT2D eigenvalue weighted by molar-refractivity contribution is 5.95. The molecule has 5 amide bonds. The van der Waals surface area contributed by atoms with Gasteiger partial charge in [0.05, 0.1) is 12.5 Å². The van der Waals surface area contributed by atoms with Crippen molar-refractivity contribution < 1.29 is 39.0 Å². The van der Waals surface area contributed by atoms with E-state index in [0.29, 0.717) is 12.8 Å². The molecule has 0 aromatic carbocycles. The zero-order chi connectivity index (χ0) is 26.0. The quantitative estimate of drug-likeness (QED) is 0.141. The fourth-order valence-electron chi connectivity index (χ4n) is 3.61. The Morgan fingerprint density at radius 3 is 2.26 bits per heavy atom. The van der Waals surface area contributed by atoms with E-state index in [-0.39, 0.29) is 25.9 Å². The summed E-state index contributed by atoms with van der Waals surface area (Å²) in [5, 5.41) is 25.6. The fraction of sp³-hybridized carbons (Fsp3) is 0.700. The molecule has 0 bridgehead atoms. The first kappa shape index (κ1) is 28.6. The number of carboxylic acid groups (broad SMARTS) is 2. The van der Waals surface area contributed by atoms with E-state index in [1.165, 1.54) is 4.90 Å². The summed E-state index contributed by atoms with van der Waals surface area (Å²) >= 11 is 0. The number of primary amides is 1. The Bertz CT molecular complexity index is 789. The second-order valence-corrected chi connectivity index (χ2v) is 8.46. The van der Waals surface area contributed by atoms with Crippen LogP contribution in [0.3, 0.4) is 0 Å². The summed E-state index contributed by atoms with van der Waals surface area (Å²) in [5.41, 5.74) is 10.6. The summed E-state index contributed by atoms with van der Waals surface area (Å²) in [6.07, 6.45) is 0.504. The zero-order valence-corrected chi connectivity index (χ0v) is 19.3. The Hall–Kier alpha value is -3.42. The Kier molecular flexibility index (Phi) is 11.2. The van der Waals surface area contributed by atoms with Crippen molar-refractivity contribution in [3.05, 3.63) is 0 Å². The van der Waals surface area contributed by atoms with Gasteiger partial charge in [-0.05, 0) is 31.6 Å². The molecule has 0 aromatic rings. The van der Waals surface area contributed by atoms with Gasteiger partial charge in [-0.2, -0.15) is 0 Å². The highest BCUT2D eigenvalue weighted by atomic mass is 16.4. The number of amides is 5. The maximum absolute atomic E-state index is 12.9. The lowest BCUT2D eigenvalue weighted by molar-refractivity contribution is -0.144. The summed E-state index contributed by atoms with van der Waals surface area (Å²) < 4.78 is 0. The standard InChI is InChI=1S/C20H34N6O8/c1-10(2)15(17(30)24-12(19(32)33)5-3-7-23-20(22)34)25-16(29)13-6-4-8-26(13)18(31)11(21)9-14(27)28/h10-13,15H,3-9,21H2,1-2H3,(H,24,30)(H,25,29)(H,27,28)(H,32,33)(H3,22,23,34)/t11-,12-,13-,15-/m0/s1. The highest BCUT2D eigenvalue weighted by Gasteiger charge is 2.38. The van der Waals surface area contributed by atoms with Crippen molar-refractivity contribution in [2.24, 2.45) is 17.4 Å². The summed E-state index contributed by atoms with van der Waals surface area (Å²) in [5.74, 6) is -4.91. The minimum Gasteiger partial charge on any atom is -0.481 e. The van der Waals surface area contributed by atoms with Gasteiger partial charge in [0.1, 0.15) is 18.1 Å². The number of carbonyl (C=O) groups excluding carboxylic acids is 4. The van der Waals surface area contributed by atoms with Crippen molar-refractivity contribution in [1.82, 2.24) is 20.9 Å². The average Bonchev–Trinajstić information content (AvgIpc) is 3.22. The van der Waals surface area contributed by atoms with E-state index in [9.17, 15) is 33.9 Å². The molecule has 14 heteroatoms. The van der Waals surface area contributed by atoms with E-state index in [2.05, 4.69) is 16.0 Å². The lowest BCUT2D eigenvalue weighted by atomic mass is 10.0. The van der Waals surface area contributed by atoms with Crippen LogP contribution in [0.4, 0.5) is 4.79 Å². The minimum atomic E-state index is -1.30. The first-order valence-electron chi connectivity index (χ1n) is 11.0.